The molecule has 10 heteroatoms. The Morgan fingerprint density at radius 3 is 2.56 bits per heavy atom. The van der Waals surface area contributed by atoms with E-state index in [1.807, 2.05) is 26.8 Å². The summed E-state index contributed by atoms with van der Waals surface area (Å²) in [5.74, 6) is -0.634. The number of benzene rings is 1. The van der Waals surface area contributed by atoms with Gasteiger partial charge in [0.1, 0.15) is 0 Å². The summed E-state index contributed by atoms with van der Waals surface area (Å²) in [6, 6.07) is 3.52. The van der Waals surface area contributed by atoms with Crippen LogP contribution in [0.5, 0.6) is 0 Å². The predicted molar refractivity (Wildman–Crippen MR) is 99.1 cm³/mol. The Balaban J connectivity index is 3.01. The molecule has 148 valence electrons. The summed E-state index contributed by atoms with van der Waals surface area (Å²) >= 11 is 0. The fraction of sp³-hybridized carbons (Fsp3) is 0.353. The molecule has 6 N–H and O–H groups in total. The highest BCUT2D eigenvalue weighted by Crippen LogP contribution is 2.30. The molecule has 27 heavy (non-hydrogen) atoms. The average Bonchev–Trinajstić information content (AvgIpc) is 2.60. The third kappa shape index (κ3) is 6.86. The van der Waals surface area contributed by atoms with E-state index in [1.54, 1.807) is 12.1 Å². The fourth-order valence-electron chi connectivity index (χ4n) is 2.29. The first-order chi connectivity index (χ1) is 12.8. The number of nitrogens with one attached hydrogen (secondary N) is 2. The zero-order valence-corrected chi connectivity index (χ0v) is 15.4. The summed E-state index contributed by atoms with van der Waals surface area (Å²) in [4.78, 5) is 40.8. The van der Waals surface area contributed by atoms with Crippen LogP contribution < -0.4 is 22.1 Å². The van der Waals surface area contributed by atoms with Gasteiger partial charge in [0.15, 0.2) is 0 Å². The molecule has 0 spiro atoms. The molecule has 0 saturated carbocycles. The lowest BCUT2D eigenvalue weighted by Crippen LogP contribution is -2.24. The highest BCUT2D eigenvalue weighted by Gasteiger charge is 2.14. The molecule has 1 aromatic rings. The molecule has 1 aromatic carbocycles. The van der Waals surface area contributed by atoms with Crippen molar-refractivity contribution in [1.82, 2.24) is 5.32 Å². The Morgan fingerprint density at radius 2 is 2.00 bits per heavy atom. The molecule has 0 aliphatic heterocycles. The summed E-state index contributed by atoms with van der Waals surface area (Å²) in [6.07, 6.45) is 1.41. The number of hydrogen-bond acceptors (Lipinski definition) is 8. The quantitative estimate of drug-likeness (QED) is 0.157. The van der Waals surface area contributed by atoms with Crippen molar-refractivity contribution in [2.45, 2.75) is 33.2 Å². The summed E-state index contributed by atoms with van der Waals surface area (Å²) in [7, 11) is 0. The molecule has 0 saturated heterocycles. The van der Waals surface area contributed by atoms with Gasteiger partial charge in [-0.05, 0) is 43.5 Å². The van der Waals surface area contributed by atoms with Crippen molar-refractivity contribution in [3.63, 3.8) is 0 Å². The van der Waals surface area contributed by atoms with Gasteiger partial charge >= 0.3 is 12.6 Å². The molecule has 0 unspecified atom stereocenters. The van der Waals surface area contributed by atoms with Crippen LogP contribution in [-0.4, -0.2) is 31.1 Å². The van der Waals surface area contributed by atoms with Gasteiger partial charge in [-0.15, -0.1) is 0 Å². The molecule has 0 bridgehead atoms. The van der Waals surface area contributed by atoms with Crippen molar-refractivity contribution in [1.29, 1.82) is 0 Å². The summed E-state index contributed by atoms with van der Waals surface area (Å²) < 4.78 is 0. The largest absolute Gasteiger partial charge is 0.443 e. The summed E-state index contributed by atoms with van der Waals surface area (Å²) in [6.45, 7) is 5.87. The van der Waals surface area contributed by atoms with Crippen molar-refractivity contribution < 1.29 is 29.2 Å². The standard InChI is InChI=1S/C17H24N4O6/c1-4-11(5-6-20-17(24)26-27-25-9-22)12-7-13(16(19)23)15(18)14(8-12)21-10(2)3/h5,7-10,21H,4,6,18H2,1-3H3,(H2,19,23)(H,20,24)/b11-5+. The van der Waals surface area contributed by atoms with Gasteiger partial charge in [0.25, 0.3) is 5.91 Å². The smallest absolute Gasteiger partial charge is 0.396 e. The minimum Gasteiger partial charge on any atom is -0.396 e. The number of nitrogens with two attached hydrogens (primary N) is 2. The summed E-state index contributed by atoms with van der Waals surface area (Å²) in [5.41, 5.74) is 14.1. The van der Waals surface area contributed by atoms with Crippen LogP contribution in [0.1, 0.15) is 43.1 Å². The maximum Gasteiger partial charge on any atom is 0.443 e. The number of hydrogen-bond donors (Lipinski definition) is 4. The van der Waals surface area contributed by atoms with E-state index in [-0.39, 0.29) is 30.3 Å². The number of nitrogen functional groups attached to an aromatic ring is 1. The Hall–Kier alpha value is -3.27. The monoisotopic (exact) mass is 380 g/mol. The van der Waals surface area contributed by atoms with Crippen LogP contribution in [0, 0.1) is 0 Å². The number of carbonyl (C=O) groups excluding carboxylic acids is 3. The van der Waals surface area contributed by atoms with Crippen LogP contribution in [0.4, 0.5) is 16.2 Å². The molecule has 10 nitrogen and oxygen atoms in total. The number of primary amides is 1. The van der Waals surface area contributed by atoms with Gasteiger partial charge in [0, 0.05) is 17.6 Å². The van der Waals surface area contributed by atoms with Gasteiger partial charge in [-0.3, -0.25) is 14.5 Å². The van der Waals surface area contributed by atoms with Gasteiger partial charge in [-0.1, -0.05) is 13.0 Å². The van der Waals surface area contributed by atoms with E-state index in [2.05, 4.69) is 25.4 Å². The van der Waals surface area contributed by atoms with E-state index in [0.717, 1.165) is 11.1 Å². The molecule has 2 amide bonds. The zero-order valence-electron chi connectivity index (χ0n) is 15.4. The fourth-order valence-corrected chi connectivity index (χ4v) is 2.29. The SMILES string of the molecule is CC/C(=C\CNC(=O)OOOC=O)c1cc(NC(C)C)c(N)c(C(N)=O)c1. The average molecular weight is 380 g/mol. The third-order valence-electron chi connectivity index (χ3n) is 3.42. The number of amides is 2. The second-order valence-electron chi connectivity index (χ2n) is 5.74. The minimum absolute atomic E-state index is 0.0391. The first-order valence-corrected chi connectivity index (χ1v) is 8.20. The first kappa shape index (κ1) is 21.8. The molecule has 0 aliphatic rings. The molecular weight excluding hydrogens is 356 g/mol. The van der Waals surface area contributed by atoms with Gasteiger partial charge < -0.3 is 22.1 Å². The lowest BCUT2D eigenvalue weighted by atomic mass is 9.97. The maximum atomic E-state index is 11.7. The van der Waals surface area contributed by atoms with Crippen LogP contribution in [-0.2, 0) is 19.6 Å². The molecule has 0 atom stereocenters. The van der Waals surface area contributed by atoms with Crippen LogP contribution in [0.25, 0.3) is 5.57 Å². The van der Waals surface area contributed by atoms with Crippen LogP contribution in [0.2, 0.25) is 0 Å². The van der Waals surface area contributed by atoms with E-state index >= 15 is 0 Å². The molecule has 0 aliphatic carbocycles. The first-order valence-electron chi connectivity index (χ1n) is 8.20. The van der Waals surface area contributed by atoms with Crippen molar-refractivity contribution in [3.8, 4) is 0 Å². The van der Waals surface area contributed by atoms with Crippen LogP contribution >= 0.6 is 0 Å². The number of rotatable bonds is 10. The van der Waals surface area contributed by atoms with Crippen molar-refractivity contribution in [3.05, 3.63) is 29.3 Å². The summed E-state index contributed by atoms with van der Waals surface area (Å²) in [5, 5.41) is 9.41. The van der Waals surface area contributed by atoms with Gasteiger partial charge in [0.05, 0.1) is 16.9 Å². The molecule has 0 radical (unpaired) electrons. The van der Waals surface area contributed by atoms with E-state index in [0.29, 0.717) is 12.1 Å². The van der Waals surface area contributed by atoms with E-state index in [1.165, 1.54) is 0 Å². The topological polar surface area (TPSA) is 155 Å². The maximum absolute atomic E-state index is 11.7. The van der Waals surface area contributed by atoms with Crippen LogP contribution in [0.15, 0.2) is 18.2 Å². The van der Waals surface area contributed by atoms with E-state index < -0.39 is 12.0 Å². The molecular formula is C17H24N4O6. The zero-order chi connectivity index (χ0) is 20.4. The lowest BCUT2D eigenvalue weighted by molar-refractivity contribution is -0.447. The van der Waals surface area contributed by atoms with Gasteiger partial charge in [0.2, 0.25) is 0 Å². The lowest BCUT2D eigenvalue weighted by Gasteiger charge is -2.17. The van der Waals surface area contributed by atoms with Crippen LogP contribution in [0.3, 0.4) is 0 Å². The highest BCUT2D eigenvalue weighted by molar-refractivity contribution is 6.02. The number of carbonyl (C=O) groups is 3. The Bertz CT molecular complexity index is 718. The molecule has 0 aromatic heterocycles. The van der Waals surface area contributed by atoms with E-state index in [4.69, 9.17) is 11.5 Å². The normalized spacial score (nSPS) is 11.0. The Labute approximate surface area is 156 Å². The van der Waals surface area contributed by atoms with E-state index in [9.17, 15) is 14.4 Å². The highest BCUT2D eigenvalue weighted by atomic mass is 17.5. The predicted octanol–water partition coefficient (Wildman–Crippen LogP) is 1.73. The van der Waals surface area contributed by atoms with Crippen molar-refractivity contribution in [2.75, 3.05) is 17.6 Å². The number of allylic oxidation sites excluding steroid dienone is 1. The van der Waals surface area contributed by atoms with Gasteiger partial charge in [-0.2, -0.15) is 0 Å². The Morgan fingerprint density at radius 1 is 1.30 bits per heavy atom. The van der Waals surface area contributed by atoms with Gasteiger partial charge in [-0.25, -0.2) is 9.68 Å². The molecule has 1 rings (SSSR count). The third-order valence-corrected chi connectivity index (χ3v) is 3.42. The molecule has 0 heterocycles. The second kappa shape index (κ2) is 10.7. The Kier molecular flexibility index (Phi) is 8.60. The molecule has 0 fully saturated rings. The van der Waals surface area contributed by atoms with Crippen molar-refractivity contribution in [2.24, 2.45) is 5.73 Å². The number of anilines is 2. The minimum atomic E-state index is -0.944. The van der Waals surface area contributed by atoms with Crippen molar-refractivity contribution >= 4 is 35.4 Å². The second-order valence-corrected chi connectivity index (χ2v) is 5.74.